The van der Waals surface area contributed by atoms with Crippen molar-refractivity contribution in [2.75, 3.05) is 5.75 Å². The van der Waals surface area contributed by atoms with Crippen LogP contribution >= 0.6 is 24.0 Å². The second-order valence-electron chi connectivity index (χ2n) is 5.67. The van der Waals surface area contributed by atoms with Crippen LogP contribution in [0.4, 0.5) is 0 Å². The predicted octanol–water partition coefficient (Wildman–Crippen LogP) is 5.33. The van der Waals surface area contributed by atoms with Crippen molar-refractivity contribution in [2.24, 2.45) is 0 Å². The highest BCUT2D eigenvalue weighted by Gasteiger charge is 2.26. The summed E-state index contributed by atoms with van der Waals surface area (Å²) in [6, 6.07) is 1.40. The first-order valence-electron chi connectivity index (χ1n) is 6.63. The zero-order chi connectivity index (χ0) is 13.5. The Balaban J connectivity index is 3.74. The van der Waals surface area contributed by atoms with Crippen LogP contribution < -0.4 is 0 Å². The molecule has 0 bridgehead atoms. The third-order valence-electron chi connectivity index (χ3n) is 3.46. The molecule has 0 aliphatic heterocycles. The van der Waals surface area contributed by atoms with Crippen molar-refractivity contribution in [1.82, 2.24) is 0 Å². The molecule has 0 N–H and O–H groups in total. The lowest BCUT2D eigenvalue weighted by atomic mass is 10.4. The topological polar surface area (TPSA) is 9.23 Å². The van der Waals surface area contributed by atoms with E-state index < -0.39 is 8.07 Å². The summed E-state index contributed by atoms with van der Waals surface area (Å²) in [6.07, 6.45) is 2.80. The van der Waals surface area contributed by atoms with Crippen molar-refractivity contribution >= 4 is 36.4 Å². The number of hydrogen-bond donors (Lipinski definition) is 0. The van der Waals surface area contributed by atoms with Crippen LogP contribution in [-0.2, 0) is 4.74 Å². The van der Waals surface area contributed by atoms with E-state index in [0.717, 1.165) is 11.3 Å². The van der Waals surface area contributed by atoms with Gasteiger partial charge in [-0.25, -0.2) is 0 Å². The summed E-state index contributed by atoms with van der Waals surface area (Å²) < 4.78 is 6.17. The molecule has 0 saturated heterocycles. The van der Waals surface area contributed by atoms with E-state index in [1.165, 1.54) is 18.9 Å². The van der Waals surface area contributed by atoms with Gasteiger partial charge in [-0.05, 0) is 38.0 Å². The van der Waals surface area contributed by atoms with Gasteiger partial charge in [0.05, 0.1) is 14.2 Å². The van der Waals surface area contributed by atoms with E-state index >= 15 is 0 Å². The quantitative estimate of drug-likeness (QED) is 0.357. The highest BCUT2D eigenvalue weighted by atomic mass is 32.2. The molecule has 4 heteroatoms. The van der Waals surface area contributed by atoms with Gasteiger partial charge in [0.25, 0.3) is 0 Å². The number of hydrogen-bond acceptors (Lipinski definition) is 3. The highest BCUT2D eigenvalue weighted by Crippen LogP contribution is 2.30. The zero-order valence-electron chi connectivity index (χ0n) is 12.2. The molecule has 0 unspecified atom stereocenters. The molecule has 0 fully saturated rings. The van der Waals surface area contributed by atoms with Crippen molar-refractivity contribution < 1.29 is 4.74 Å². The molecule has 0 aliphatic carbocycles. The lowest BCUT2D eigenvalue weighted by Crippen LogP contribution is -2.30. The minimum absolute atomic E-state index is 0.209. The van der Waals surface area contributed by atoms with Crippen molar-refractivity contribution in [3.63, 3.8) is 0 Å². The average Bonchev–Trinajstić information content (AvgIpc) is 2.22. The van der Waals surface area contributed by atoms with Gasteiger partial charge in [0.1, 0.15) is 0 Å². The van der Waals surface area contributed by atoms with Crippen molar-refractivity contribution in [1.29, 1.82) is 0 Å². The standard InChI is InChI=1S/C13H28OS2Si/c1-7-12(4)17(5,6)10-8-9-16-13(15)14-11(2)3/h11-12H,7-10H2,1-6H3/t12-/m0/s1. The molecule has 0 aromatic heterocycles. The molecule has 102 valence electrons. The molecule has 0 spiro atoms. The van der Waals surface area contributed by atoms with E-state index in [1.54, 1.807) is 11.8 Å². The Morgan fingerprint density at radius 1 is 1.29 bits per heavy atom. The van der Waals surface area contributed by atoms with Crippen LogP contribution in [0.25, 0.3) is 0 Å². The Bertz CT molecular complexity index is 229. The SMILES string of the molecule is CC[C@H](C)[Si](C)(C)CCCSC(=S)OC(C)C. The summed E-state index contributed by atoms with van der Waals surface area (Å²) in [5, 5.41) is 0. The van der Waals surface area contributed by atoms with Gasteiger partial charge in [0.15, 0.2) is 0 Å². The van der Waals surface area contributed by atoms with Crippen LogP contribution in [0.1, 0.15) is 40.5 Å². The first kappa shape index (κ1) is 17.5. The van der Waals surface area contributed by atoms with Crippen LogP contribution in [0.15, 0.2) is 0 Å². The van der Waals surface area contributed by atoms with E-state index in [9.17, 15) is 0 Å². The number of rotatable bonds is 7. The Morgan fingerprint density at radius 3 is 2.35 bits per heavy atom. The maximum atomic E-state index is 5.46. The molecule has 0 rings (SSSR count). The van der Waals surface area contributed by atoms with E-state index in [4.69, 9.17) is 17.0 Å². The molecular weight excluding hydrogens is 264 g/mol. The van der Waals surface area contributed by atoms with Crippen LogP contribution in [-0.4, -0.2) is 24.3 Å². The van der Waals surface area contributed by atoms with Gasteiger partial charge in [-0.15, -0.1) is 0 Å². The van der Waals surface area contributed by atoms with Gasteiger partial charge in [0.2, 0.25) is 4.38 Å². The summed E-state index contributed by atoms with van der Waals surface area (Å²) in [4.78, 5) is 0. The Morgan fingerprint density at radius 2 is 1.88 bits per heavy atom. The van der Waals surface area contributed by atoms with Gasteiger partial charge in [0, 0.05) is 5.75 Å². The normalized spacial score (nSPS) is 13.8. The van der Waals surface area contributed by atoms with Crippen LogP contribution in [0.3, 0.4) is 0 Å². The fraction of sp³-hybridized carbons (Fsp3) is 0.923. The highest BCUT2D eigenvalue weighted by molar-refractivity contribution is 8.22. The largest absolute Gasteiger partial charge is 0.476 e. The first-order chi connectivity index (χ1) is 7.79. The molecule has 17 heavy (non-hydrogen) atoms. The number of thioether (sulfide) groups is 1. The van der Waals surface area contributed by atoms with Crippen LogP contribution in [0, 0.1) is 0 Å². The molecule has 0 aliphatic rings. The molecule has 1 nitrogen and oxygen atoms in total. The number of ether oxygens (including phenoxy) is 1. The molecule has 1 atom stereocenters. The summed E-state index contributed by atoms with van der Waals surface area (Å²) in [5.74, 6) is 1.11. The second kappa shape index (κ2) is 8.54. The van der Waals surface area contributed by atoms with E-state index in [1.807, 2.05) is 13.8 Å². The Kier molecular flexibility index (Phi) is 8.77. The van der Waals surface area contributed by atoms with Gasteiger partial charge in [-0.3, -0.25) is 0 Å². The third kappa shape index (κ3) is 8.22. The van der Waals surface area contributed by atoms with E-state index in [-0.39, 0.29) is 6.10 Å². The first-order valence-corrected chi connectivity index (χ1v) is 11.3. The minimum Gasteiger partial charge on any atom is -0.476 e. The summed E-state index contributed by atoms with van der Waals surface area (Å²) in [6.45, 7) is 13.8. The lowest BCUT2D eigenvalue weighted by molar-refractivity contribution is 0.243. The van der Waals surface area contributed by atoms with Crippen LogP contribution in [0.5, 0.6) is 0 Å². The minimum atomic E-state index is -1.01. The number of thiocarbonyl (C=S) groups is 1. The van der Waals surface area contributed by atoms with Crippen molar-refractivity contribution in [3.8, 4) is 0 Å². The van der Waals surface area contributed by atoms with Gasteiger partial charge in [-0.1, -0.05) is 51.2 Å². The molecular formula is C13H28OS2Si. The van der Waals surface area contributed by atoms with Gasteiger partial charge >= 0.3 is 0 Å². The predicted molar refractivity (Wildman–Crippen MR) is 87.9 cm³/mol. The summed E-state index contributed by atoms with van der Waals surface area (Å²) in [7, 11) is -1.01. The van der Waals surface area contributed by atoms with Crippen LogP contribution in [0.2, 0.25) is 24.7 Å². The van der Waals surface area contributed by atoms with Gasteiger partial charge in [-0.2, -0.15) is 0 Å². The second-order valence-corrected chi connectivity index (χ2v) is 12.8. The molecule has 0 aromatic rings. The zero-order valence-corrected chi connectivity index (χ0v) is 14.8. The van der Waals surface area contributed by atoms with E-state index in [0.29, 0.717) is 4.38 Å². The molecule has 0 saturated carbocycles. The Hall–Kier alpha value is 0.457. The monoisotopic (exact) mass is 292 g/mol. The fourth-order valence-corrected chi connectivity index (χ4v) is 5.81. The molecule has 0 radical (unpaired) electrons. The summed E-state index contributed by atoms with van der Waals surface area (Å²) >= 11 is 6.86. The van der Waals surface area contributed by atoms with Crippen molar-refractivity contribution in [3.05, 3.63) is 0 Å². The Labute approximate surface area is 118 Å². The molecule has 0 heterocycles. The lowest BCUT2D eigenvalue weighted by Gasteiger charge is -2.29. The molecule has 0 amide bonds. The van der Waals surface area contributed by atoms with E-state index in [2.05, 4.69) is 26.9 Å². The maximum Gasteiger partial charge on any atom is 0.220 e. The average molecular weight is 293 g/mol. The maximum absolute atomic E-state index is 5.46. The van der Waals surface area contributed by atoms with Crippen molar-refractivity contribution in [2.45, 2.75) is 71.3 Å². The van der Waals surface area contributed by atoms with Gasteiger partial charge < -0.3 is 4.74 Å². The fourth-order valence-electron chi connectivity index (χ4n) is 1.71. The summed E-state index contributed by atoms with van der Waals surface area (Å²) in [5.41, 5.74) is 0.923. The smallest absolute Gasteiger partial charge is 0.220 e. The molecule has 0 aromatic carbocycles. The third-order valence-corrected chi connectivity index (χ3v) is 9.46.